The number of carbonyl (C=O) groups is 1. The summed E-state index contributed by atoms with van der Waals surface area (Å²) in [5.41, 5.74) is 7.59. The van der Waals surface area contributed by atoms with Crippen LogP contribution < -0.4 is 4.74 Å². The number of aryl methyl sites for hydroxylation is 1. The van der Waals surface area contributed by atoms with Crippen LogP contribution in [0.4, 0.5) is 0 Å². The molecule has 0 N–H and O–H groups in total. The van der Waals surface area contributed by atoms with Crippen LogP contribution in [0.5, 0.6) is 5.75 Å². The summed E-state index contributed by atoms with van der Waals surface area (Å²) in [4.78, 5) is 15.6. The minimum Gasteiger partial charge on any atom is -0.486 e. The zero-order valence-corrected chi connectivity index (χ0v) is 27.8. The number of rotatable bonds is 9. The van der Waals surface area contributed by atoms with Gasteiger partial charge in [-0.15, -0.1) is 5.10 Å². The molecule has 1 aliphatic heterocycles. The normalized spacial score (nSPS) is 20.2. The number of hydrogen-bond donors (Lipinski definition) is 0. The lowest BCUT2D eigenvalue weighted by Crippen LogP contribution is -2.41. The van der Waals surface area contributed by atoms with Crippen molar-refractivity contribution in [1.82, 2.24) is 29.7 Å². The van der Waals surface area contributed by atoms with Crippen molar-refractivity contribution in [3.05, 3.63) is 113 Å². The van der Waals surface area contributed by atoms with Crippen LogP contribution >= 0.6 is 0 Å². The Kier molecular flexibility index (Phi) is 8.18. The summed E-state index contributed by atoms with van der Waals surface area (Å²) in [6.07, 6.45) is 5.46. The lowest BCUT2D eigenvalue weighted by atomic mass is 9.99. The van der Waals surface area contributed by atoms with E-state index in [-0.39, 0.29) is 29.4 Å². The molecule has 3 heterocycles. The molecule has 47 heavy (non-hydrogen) atoms. The highest BCUT2D eigenvalue weighted by molar-refractivity contribution is 5.91. The summed E-state index contributed by atoms with van der Waals surface area (Å²) in [6.45, 7) is 10.4. The van der Waals surface area contributed by atoms with E-state index in [0.717, 1.165) is 59.9 Å². The van der Waals surface area contributed by atoms with Crippen LogP contribution in [0.15, 0.2) is 85.2 Å². The molecule has 1 saturated carbocycles. The summed E-state index contributed by atoms with van der Waals surface area (Å²) >= 11 is 0. The molecule has 242 valence electrons. The third kappa shape index (κ3) is 6.20. The Bertz CT molecular complexity index is 1910. The van der Waals surface area contributed by atoms with Gasteiger partial charge < -0.3 is 9.47 Å². The molecule has 5 aromatic rings. The fraction of sp³-hybridized carbons (Fsp3) is 0.368. The third-order valence-corrected chi connectivity index (χ3v) is 9.26. The van der Waals surface area contributed by atoms with Crippen molar-refractivity contribution >= 4 is 5.97 Å². The van der Waals surface area contributed by atoms with Gasteiger partial charge in [-0.05, 0) is 74.6 Å². The van der Waals surface area contributed by atoms with E-state index in [2.05, 4.69) is 103 Å². The number of fused-ring (bicyclic) bond motifs is 1. The lowest BCUT2D eigenvalue weighted by molar-refractivity contribution is 0.0523. The van der Waals surface area contributed by atoms with Crippen LogP contribution in [0.1, 0.15) is 91.3 Å². The summed E-state index contributed by atoms with van der Waals surface area (Å²) < 4.78 is 15.6. The molecule has 2 aliphatic rings. The highest BCUT2D eigenvalue weighted by Crippen LogP contribution is 2.55. The maximum Gasteiger partial charge on any atom is 0.341 e. The Morgan fingerprint density at radius 1 is 1.00 bits per heavy atom. The SMILES string of the molecule is CCOC(=O)c1cnn(-c2cccc(-c3cccc(CN4CC(C)(C)Oc5ccccc5C4CC)c3)c2)c1[C@@H]1C[C@H]1c1cn(C)nn1. The van der Waals surface area contributed by atoms with Crippen LogP contribution in [0.3, 0.4) is 0 Å². The van der Waals surface area contributed by atoms with Crippen molar-refractivity contribution in [1.29, 1.82) is 0 Å². The molecule has 1 unspecified atom stereocenters. The van der Waals surface area contributed by atoms with Gasteiger partial charge >= 0.3 is 5.97 Å². The average Bonchev–Trinajstić information content (AvgIpc) is 3.54. The summed E-state index contributed by atoms with van der Waals surface area (Å²) in [6, 6.07) is 25.9. The van der Waals surface area contributed by atoms with Gasteiger partial charge in [0.1, 0.15) is 16.9 Å². The first-order valence-corrected chi connectivity index (χ1v) is 16.6. The first-order chi connectivity index (χ1) is 22.7. The van der Waals surface area contributed by atoms with Gasteiger partial charge in [0.2, 0.25) is 0 Å². The lowest BCUT2D eigenvalue weighted by Gasteiger charge is -2.33. The van der Waals surface area contributed by atoms with Crippen LogP contribution in [0, 0.1) is 0 Å². The molecular weight excluding hydrogens is 588 g/mol. The van der Waals surface area contributed by atoms with Crippen molar-refractivity contribution in [3.63, 3.8) is 0 Å². The quantitative estimate of drug-likeness (QED) is 0.159. The molecule has 1 fully saturated rings. The van der Waals surface area contributed by atoms with Crippen molar-refractivity contribution in [2.45, 2.75) is 70.6 Å². The second kappa shape index (κ2) is 12.4. The largest absolute Gasteiger partial charge is 0.486 e. The molecular formula is C38H42N6O3. The molecule has 3 aromatic carbocycles. The number of aromatic nitrogens is 5. The Labute approximate surface area is 276 Å². The number of carbonyl (C=O) groups excluding carboxylic acids is 1. The predicted octanol–water partition coefficient (Wildman–Crippen LogP) is 7.24. The Balaban J connectivity index is 1.19. The van der Waals surface area contributed by atoms with E-state index in [1.807, 2.05) is 30.9 Å². The van der Waals surface area contributed by atoms with E-state index in [1.54, 1.807) is 10.9 Å². The highest BCUT2D eigenvalue weighted by Gasteiger charge is 2.46. The number of ether oxygens (including phenoxy) is 2. The Hall–Kier alpha value is -4.76. The Morgan fingerprint density at radius 3 is 2.55 bits per heavy atom. The molecule has 2 aromatic heterocycles. The van der Waals surface area contributed by atoms with Crippen LogP contribution in [-0.2, 0) is 18.3 Å². The molecule has 0 radical (unpaired) electrons. The zero-order chi connectivity index (χ0) is 32.7. The third-order valence-electron chi connectivity index (χ3n) is 9.26. The van der Waals surface area contributed by atoms with Gasteiger partial charge in [0.15, 0.2) is 0 Å². The van der Waals surface area contributed by atoms with Crippen LogP contribution in [-0.4, -0.2) is 54.4 Å². The van der Waals surface area contributed by atoms with E-state index in [1.165, 1.54) is 11.1 Å². The van der Waals surface area contributed by atoms with Gasteiger partial charge in [-0.1, -0.05) is 60.7 Å². The number of esters is 1. The van der Waals surface area contributed by atoms with Gasteiger partial charge in [-0.2, -0.15) is 5.10 Å². The van der Waals surface area contributed by atoms with E-state index < -0.39 is 0 Å². The predicted molar refractivity (Wildman–Crippen MR) is 181 cm³/mol. The standard InChI is InChI=1S/C38H42N6O3/c1-6-34-29-16-8-9-17-35(29)47-38(3,4)24-43(34)22-25-12-10-13-26(18-25)27-14-11-15-28(19-27)44-36(32(21-39-44)37(45)46-7-2)31-20-30(31)33-23-42(5)41-40-33/h8-19,21,23,30-31,34H,6-7,20,22,24H2,1-5H3/t30-,31-,34?/m1/s1. The van der Waals surface area contributed by atoms with Gasteiger partial charge in [0.25, 0.3) is 0 Å². The van der Waals surface area contributed by atoms with Gasteiger partial charge in [-0.25, -0.2) is 9.48 Å². The van der Waals surface area contributed by atoms with Crippen molar-refractivity contribution in [3.8, 4) is 22.6 Å². The van der Waals surface area contributed by atoms with Gasteiger partial charge in [0.05, 0.1) is 29.9 Å². The van der Waals surface area contributed by atoms with Gasteiger partial charge in [-0.3, -0.25) is 9.58 Å². The molecule has 0 spiro atoms. The minimum atomic E-state index is -0.350. The number of para-hydroxylation sites is 1. The molecule has 0 bridgehead atoms. The molecule has 3 atom stereocenters. The second-order valence-electron chi connectivity index (χ2n) is 13.3. The maximum atomic E-state index is 13.0. The molecule has 0 amide bonds. The first-order valence-electron chi connectivity index (χ1n) is 16.6. The van der Waals surface area contributed by atoms with Crippen LogP contribution in [0.2, 0.25) is 0 Å². The summed E-state index contributed by atoms with van der Waals surface area (Å²) in [5.74, 6) is 0.910. The smallest absolute Gasteiger partial charge is 0.341 e. The van der Waals surface area contributed by atoms with Gasteiger partial charge in [0, 0.05) is 49.8 Å². The summed E-state index contributed by atoms with van der Waals surface area (Å²) in [5, 5.41) is 13.2. The van der Waals surface area contributed by atoms with Crippen molar-refractivity contribution in [2.24, 2.45) is 7.05 Å². The van der Waals surface area contributed by atoms with E-state index in [0.29, 0.717) is 12.2 Å². The number of benzene rings is 3. The monoisotopic (exact) mass is 630 g/mol. The van der Waals surface area contributed by atoms with Crippen LogP contribution in [0.25, 0.3) is 16.8 Å². The average molecular weight is 631 g/mol. The fourth-order valence-corrected chi connectivity index (χ4v) is 7.17. The molecule has 0 saturated heterocycles. The molecule has 9 nitrogen and oxygen atoms in total. The van der Waals surface area contributed by atoms with E-state index in [9.17, 15) is 4.79 Å². The second-order valence-corrected chi connectivity index (χ2v) is 13.3. The number of nitrogens with zero attached hydrogens (tertiary/aromatic N) is 6. The summed E-state index contributed by atoms with van der Waals surface area (Å²) in [7, 11) is 1.87. The maximum absolute atomic E-state index is 13.0. The zero-order valence-electron chi connectivity index (χ0n) is 27.8. The van der Waals surface area contributed by atoms with Crippen molar-refractivity contribution in [2.75, 3.05) is 13.2 Å². The van der Waals surface area contributed by atoms with E-state index in [4.69, 9.17) is 14.6 Å². The molecule has 9 heteroatoms. The Morgan fingerprint density at radius 2 is 1.79 bits per heavy atom. The van der Waals surface area contributed by atoms with Crippen molar-refractivity contribution < 1.29 is 14.3 Å². The molecule has 1 aliphatic carbocycles. The number of hydrogen-bond acceptors (Lipinski definition) is 7. The highest BCUT2D eigenvalue weighted by atomic mass is 16.5. The topological polar surface area (TPSA) is 87.3 Å². The molecule has 7 rings (SSSR count). The van der Waals surface area contributed by atoms with E-state index >= 15 is 0 Å². The minimum absolute atomic E-state index is 0.0964. The fourth-order valence-electron chi connectivity index (χ4n) is 7.17. The first kappa shape index (κ1) is 30.9.